The molecule has 79 valence electrons. The van der Waals surface area contributed by atoms with E-state index < -0.39 is 6.10 Å². The van der Waals surface area contributed by atoms with Crippen molar-refractivity contribution in [1.29, 1.82) is 0 Å². The Morgan fingerprint density at radius 2 is 2.20 bits per heavy atom. The predicted molar refractivity (Wildman–Crippen MR) is 55.9 cm³/mol. The second-order valence-electron chi connectivity index (χ2n) is 3.35. The molecule has 1 aromatic carbocycles. The monoisotopic (exact) mass is 205 g/mol. The number of morpholine rings is 1. The van der Waals surface area contributed by atoms with Crippen LogP contribution in [-0.4, -0.2) is 31.7 Å². The van der Waals surface area contributed by atoms with Crippen molar-refractivity contribution in [3.8, 4) is 0 Å². The van der Waals surface area contributed by atoms with Gasteiger partial charge in [0.1, 0.15) is 0 Å². The summed E-state index contributed by atoms with van der Waals surface area (Å²) in [5, 5.41) is 7.07. The molecule has 1 aromatic rings. The third kappa shape index (κ3) is 2.78. The maximum atomic E-state index is 11.6. The van der Waals surface area contributed by atoms with Crippen LogP contribution < -0.4 is 10.6 Å². The van der Waals surface area contributed by atoms with Crippen molar-refractivity contribution in [1.82, 2.24) is 10.6 Å². The van der Waals surface area contributed by atoms with Gasteiger partial charge in [0.15, 0.2) is 6.10 Å². The first-order chi connectivity index (χ1) is 7.36. The first-order valence-corrected chi connectivity index (χ1v) is 4.99. The SMILES string of the molecule is O=C([N]c1ccccc1)C1CNCCO1. The Balaban J connectivity index is 1.91. The van der Waals surface area contributed by atoms with E-state index in [2.05, 4.69) is 10.6 Å². The van der Waals surface area contributed by atoms with Crippen LogP contribution in [0, 0.1) is 0 Å². The number of rotatable bonds is 2. The zero-order chi connectivity index (χ0) is 10.5. The lowest BCUT2D eigenvalue weighted by Crippen LogP contribution is -2.45. The summed E-state index contributed by atoms with van der Waals surface area (Å²) in [6, 6.07) is 9.20. The van der Waals surface area contributed by atoms with Crippen LogP contribution >= 0.6 is 0 Å². The van der Waals surface area contributed by atoms with Crippen LogP contribution in [0.5, 0.6) is 0 Å². The van der Waals surface area contributed by atoms with Gasteiger partial charge in [0, 0.05) is 13.1 Å². The average Bonchev–Trinajstić information content (AvgIpc) is 2.31. The smallest absolute Gasteiger partial charge is 0.276 e. The molecular weight excluding hydrogens is 192 g/mol. The van der Waals surface area contributed by atoms with E-state index in [1.807, 2.05) is 18.2 Å². The van der Waals surface area contributed by atoms with Crippen LogP contribution in [0.1, 0.15) is 0 Å². The van der Waals surface area contributed by atoms with Crippen molar-refractivity contribution in [2.24, 2.45) is 0 Å². The van der Waals surface area contributed by atoms with Crippen LogP contribution in [0.15, 0.2) is 30.3 Å². The van der Waals surface area contributed by atoms with Crippen LogP contribution in [0.4, 0.5) is 5.69 Å². The molecule has 0 aliphatic carbocycles. The Morgan fingerprint density at radius 3 is 2.87 bits per heavy atom. The van der Waals surface area contributed by atoms with E-state index in [1.54, 1.807) is 12.1 Å². The summed E-state index contributed by atoms with van der Waals surface area (Å²) >= 11 is 0. The number of nitrogens with one attached hydrogen (secondary N) is 1. The Labute approximate surface area is 88.6 Å². The van der Waals surface area contributed by atoms with E-state index in [4.69, 9.17) is 4.74 Å². The van der Waals surface area contributed by atoms with E-state index >= 15 is 0 Å². The van der Waals surface area contributed by atoms with Gasteiger partial charge in [0.2, 0.25) is 0 Å². The molecule has 1 aliphatic heterocycles. The van der Waals surface area contributed by atoms with Crippen LogP contribution in [-0.2, 0) is 9.53 Å². The number of benzene rings is 1. The molecule has 15 heavy (non-hydrogen) atoms. The summed E-state index contributed by atoms with van der Waals surface area (Å²) in [6.07, 6.45) is -0.432. The van der Waals surface area contributed by atoms with E-state index in [9.17, 15) is 4.79 Å². The molecule has 0 saturated carbocycles. The molecule has 4 heteroatoms. The third-order valence-corrected chi connectivity index (χ3v) is 2.20. The number of para-hydroxylation sites is 1. The lowest BCUT2D eigenvalue weighted by molar-refractivity contribution is -0.133. The summed E-state index contributed by atoms with van der Waals surface area (Å²) in [5.74, 6) is -0.214. The Morgan fingerprint density at radius 1 is 1.40 bits per heavy atom. The summed E-state index contributed by atoms with van der Waals surface area (Å²) in [7, 11) is 0. The standard InChI is InChI=1S/C11H13N2O2/c14-11(10-8-12-6-7-15-10)13-9-4-2-1-3-5-9/h1-5,10,12H,6-8H2. The molecule has 1 N–H and O–H groups in total. The van der Waals surface area contributed by atoms with Gasteiger partial charge in [-0.15, -0.1) is 0 Å². The highest BCUT2D eigenvalue weighted by atomic mass is 16.5. The Kier molecular flexibility index (Phi) is 3.32. The summed E-state index contributed by atoms with van der Waals surface area (Å²) in [6.45, 7) is 1.92. The van der Waals surface area contributed by atoms with E-state index in [-0.39, 0.29) is 5.91 Å². The highest BCUT2D eigenvalue weighted by Crippen LogP contribution is 2.07. The number of hydrogen-bond donors (Lipinski definition) is 1. The number of carbonyl (C=O) groups is 1. The topological polar surface area (TPSA) is 52.4 Å². The molecule has 4 nitrogen and oxygen atoms in total. The highest BCUT2D eigenvalue weighted by molar-refractivity contribution is 5.84. The largest absolute Gasteiger partial charge is 0.366 e. The molecule has 0 bridgehead atoms. The van der Waals surface area contributed by atoms with Gasteiger partial charge in [-0.2, -0.15) is 0 Å². The fraction of sp³-hybridized carbons (Fsp3) is 0.364. The fourth-order valence-corrected chi connectivity index (χ4v) is 1.43. The summed E-state index contributed by atoms with van der Waals surface area (Å²) < 4.78 is 5.31. The Hall–Kier alpha value is -1.39. The van der Waals surface area contributed by atoms with Crippen LogP contribution in [0.2, 0.25) is 0 Å². The molecule has 1 radical (unpaired) electrons. The summed E-state index contributed by atoms with van der Waals surface area (Å²) in [4.78, 5) is 11.6. The van der Waals surface area contributed by atoms with Gasteiger partial charge in [-0.05, 0) is 12.1 Å². The minimum Gasteiger partial charge on any atom is -0.366 e. The average molecular weight is 205 g/mol. The van der Waals surface area contributed by atoms with Gasteiger partial charge in [0.05, 0.1) is 12.3 Å². The molecule has 1 saturated heterocycles. The van der Waals surface area contributed by atoms with Crippen LogP contribution in [0.25, 0.3) is 0 Å². The van der Waals surface area contributed by atoms with Crippen molar-refractivity contribution in [2.45, 2.75) is 6.10 Å². The second kappa shape index (κ2) is 4.91. The molecular formula is C11H13N2O2. The zero-order valence-electron chi connectivity index (χ0n) is 8.35. The Bertz CT molecular complexity index is 321. The predicted octanol–water partition coefficient (Wildman–Crippen LogP) is 0.438. The molecule has 1 unspecified atom stereocenters. The number of ether oxygens (including phenoxy) is 1. The third-order valence-electron chi connectivity index (χ3n) is 2.20. The summed E-state index contributed by atoms with van der Waals surface area (Å²) in [5.41, 5.74) is 0.677. The fourth-order valence-electron chi connectivity index (χ4n) is 1.43. The van der Waals surface area contributed by atoms with Gasteiger partial charge in [-0.3, -0.25) is 4.79 Å². The van der Waals surface area contributed by atoms with E-state index in [0.29, 0.717) is 18.8 Å². The van der Waals surface area contributed by atoms with Gasteiger partial charge in [0.25, 0.3) is 5.91 Å². The minimum absolute atomic E-state index is 0.214. The van der Waals surface area contributed by atoms with Gasteiger partial charge >= 0.3 is 0 Å². The molecule has 0 aromatic heterocycles. The number of carbonyl (C=O) groups excluding carboxylic acids is 1. The van der Waals surface area contributed by atoms with Crippen molar-refractivity contribution >= 4 is 11.6 Å². The number of nitrogens with zero attached hydrogens (tertiary/aromatic N) is 1. The van der Waals surface area contributed by atoms with E-state index in [0.717, 1.165) is 6.54 Å². The molecule has 0 spiro atoms. The quantitative estimate of drug-likeness (QED) is 0.762. The number of hydrogen-bond acceptors (Lipinski definition) is 3. The van der Waals surface area contributed by atoms with Crippen molar-refractivity contribution in [3.05, 3.63) is 30.3 Å². The first-order valence-electron chi connectivity index (χ1n) is 4.99. The van der Waals surface area contributed by atoms with Gasteiger partial charge in [-0.25, -0.2) is 5.32 Å². The van der Waals surface area contributed by atoms with Crippen LogP contribution in [0.3, 0.4) is 0 Å². The highest BCUT2D eigenvalue weighted by Gasteiger charge is 2.22. The molecule has 2 rings (SSSR count). The van der Waals surface area contributed by atoms with Gasteiger partial charge < -0.3 is 10.1 Å². The molecule has 1 fully saturated rings. The maximum Gasteiger partial charge on any atom is 0.276 e. The molecule has 1 aliphatic rings. The van der Waals surface area contributed by atoms with Crippen molar-refractivity contribution in [3.63, 3.8) is 0 Å². The lowest BCUT2D eigenvalue weighted by Gasteiger charge is -2.21. The molecule has 1 atom stereocenters. The molecule has 1 amide bonds. The van der Waals surface area contributed by atoms with Gasteiger partial charge in [-0.1, -0.05) is 18.2 Å². The first kappa shape index (κ1) is 10.1. The molecule has 1 heterocycles. The normalized spacial score (nSPS) is 20.9. The maximum absolute atomic E-state index is 11.6. The van der Waals surface area contributed by atoms with Crippen molar-refractivity contribution < 1.29 is 9.53 Å². The number of amides is 1. The zero-order valence-corrected chi connectivity index (χ0v) is 8.35. The van der Waals surface area contributed by atoms with E-state index in [1.165, 1.54) is 0 Å². The lowest BCUT2D eigenvalue weighted by atomic mass is 10.2. The van der Waals surface area contributed by atoms with Crippen molar-refractivity contribution in [2.75, 3.05) is 19.7 Å². The second-order valence-corrected chi connectivity index (χ2v) is 3.35. The minimum atomic E-state index is -0.432.